The molecule has 3 rings (SSSR count). The smallest absolute Gasteiger partial charge is 0.191 e. The van der Waals surface area contributed by atoms with Crippen molar-refractivity contribution in [2.24, 2.45) is 7.05 Å². The quantitative estimate of drug-likeness (QED) is 0.566. The van der Waals surface area contributed by atoms with Crippen molar-refractivity contribution >= 4 is 17.5 Å². The zero-order valence-corrected chi connectivity index (χ0v) is 15.1. The minimum absolute atomic E-state index is 0.0249. The molecule has 0 aliphatic heterocycles. The Morgan fingerprint density at radius 3 is 2.58 bits per heavy atom. The Bertz CT molecular complexity index is 756. The lowest BCUT2D eigenvalue weighted by Crippen LogP contribution is -2.14. The van der Waals surface area contributed by atoms with Gasteiger partial charge in [0.05, 0.1) is 19.5 Å². The molecule has 1 aliphatic rings. The Morgan fingerprint density at radius 1 is 1.25 bits per heavy atom. The first kappa shape index (κ1) is 16.8. The summed E-state index contributed by atoms with van der Waals surface area (Å²) in [4.78, 5) is 12.7. The summed E-state index contributed by atoms with van der Waals surface area (Å²) in [5.74, 6) is 2.74. The number of thioether (sulfide) groups is 1. The summed E-state index contributed by atoms with van der Waals surface area (Å²) in [6.07, 6.45) is 2.35. The van der Waals surface area contributed by atoms with E-state index in [0.29, 0.717) is 23.0 Å². The van der Waals surface area contributed by atoms with Crippen LogP contribution < -0.4 is 9.47 Å². The van der Waals surface area contributed by atoms with Crippen LogP contribution in [-0.4, -0.2) is 40.0 Å². The summed E-state index contributed by atoms with van der Waals surface area (Å²) in [6.45, 7) is 1.88. The number of carbonyl (C=O) groups is 1. The lowest BCUT2D eigenvalue weighted by atomic mass is 10.1. The van der Waals surface area contributed by atoms with E-state index < -0.39 is 0 Å². The van der Waals surface area contributed by atoms with Gasteiger partial charge in [0.2, 0.25) is 0 Å². The monoisotopic (exact) mass is 347 g/mol. The number of nitrogens with zero attached hydrogens (tertiary/aromatic N) is 3. The molecule has 1 fully saturated rings. The van der Waals surface area contributed by atoms with E-state index in [-0.39, 0.29) is 11.0 Å². The lowest BCUT2D eigenvalue weighted by molar-refractivity contribution is 0.0993. The molecule has 1 aromatic carbocycles. The fourth-order valence-electron chi connectivity index (χ4n) is 2.56. The normalized spacial score (nSPS) is 15.2. The van der Waals surface area contributed by atoms with Crippen molar-refractivity contribution in [2.75, 3.05) is 14.2 Å². The molecule has 0 radical (unpaired) electrons. The van der Waals surface area contributed by atoms with Crippen molar-refractivity contribution in [3.63, 3.8) is 0 Å². The third-order valence-corrected chi connectivity index (χ3v) is 5.26. The molecule has 1 aliphatic carbocycles. The van der Waals surface area contributed by atoms with Crippen LogP contribution in [-0.2, 0) is 7.05 Å². The van der Waals surface area contributed by atoms with Gasteiger partial charge in [-0.15, -0.1) is 10.2 Å². The molecule has 2 aromatic rings. The first-order valence-electron chi connectivity index (χ1n) is 7.87. The van der Waals surface area contributed by atoms with Gasteiger partial charge in [0.1, 0.15) is 5.82 Å². The third kappa shape index (κ3) is 3.26. The number of Topliss-reactive ketones (excluding diaryl/α,β-unsaturated/α-hetero) is 1. The number of benzene rings is 1. The van der Waals surface area contributed by atoms with E-state index in [1.165, 1.54) is 24.6 Å². The van der Waals surface area contributed by atoms with Gasteiger partial charge >= 0.3 is 0 Å². The molecule has 128 valence electrons. The van der Waals surface area contributed by atoms with Crippen molar-refractivity contribution in [3.8, 4) is 11.5 Å². The number of ketones is 1. The highest BCUT2D eigenvalue weighted by Crippen LogP contribution is 2.40. The minimum Gasteiger partial charge on any atom is -0.493 e. The topological polar surface area (TPSA) is 66.2 Å². The summed E-state index contributed by atoms with van der Waals surface area (Å²) in [5.41, 5.74) is 0.595. The Morgan fingerprint density at radius 2 is 1.96 bits per heavy atom. The van der Waals surface area contributed by atoms with Crippen LogP contribution in [0.1, 0.15) is 41.9 Å². The standard InChI is InChI=1S/C17H21N3O3S/c1-10(24-17-19-18-16(20(17)2)11-5-6-11)15(21)12-7-8-13(22-3)14(9-12)23-4/h7-11H,5-6H2,1-4H3/t10-/m1/s1. The van der Waals surface area contributed by atoms with Crippen LogP contribution in [0.25, 0.3) is 0 Å². The SMILES string of the molecule is COc1ccc(C(=O)[C@@H](C)Sc2nnc(C3CC3)n2C)cc1OC. The fraction of sp³-hybridized carbons (Fsp3) is 0.471. The molecule has 6 nitrogen and oxygen atoms in total. The van der Waals surface area contributed by atoms with Crippen molar-refractivity contribution in [1.29, 1.82) is 0 Å². The zero-order chi connectivity index (χ0) is 17.3. The second-order valence-electron chi connectivity index (χ2n) is 5.87. The van der Waals surface area contributed by atoms with Gasteiger partial charge in [0, 0.05) is 18.5 Å². The maximum atomic E-state index is 12.7. The number of ether oxygens (including phenoxy) is 2. The number of aromatic nitrogens is 3. The first-order valence-corrected chi connectivity index (χ1v) is 8.75. The van der Waals surface area contributed by atoms with Crippen LogP contribution in [0.15, 0.2) is 23.4 Å². The van der Waals surface area contributed by atoms with Crippen LogP contribution in [0.5, 0.6) is 11.5 Å². The molecule has 0 saturated heterocycles. The molecule has 0 spiro atoms. The molecule has 0 unspecified atom stereocenters. The summed E-state index contributed by atoms with van der Waals surface area (Å²) in [7, 11) is 5.09. The summed E-state index contributed by atoms with van der Waals surface area (Å²) >= 11 is 1.43. The van der Waals surface area contributed by atoms with E-state index in [1.807, 2.05) is 18.5 Å². The van der Waals surface area contributed by atoms with Gasteiger partial charge in [-0.3, -0.25) is 4.79 Å². The van der Waals surface area contributed by atoms with E-state index in [0.717, 1.165) is 11.0 Å². The maximum absolute atomic E-state index is 12.7. The number of methoxy groups -OCH3 is 2. The minimum atomic E-state index is -0.266. The van der Waals surface area contributed by atoms with E-state index in [1.54, 1.807) is 32.4 Å². The van der Waals surface area contributed by atoms with Crippen molar-refractivity contribution in [2.45, 2.75) is 36.1 Å². The van der Waals surface area contributed by atoms with Gasteiger partial charge in [0.15, 0.2) is 22.4 Å². The number of carbonyl (C=O) groups excluding carboxylic acids is 1. The summed E-state index contributed by atoms with van der Waals surface area (Å²) in [6, 6.07) is 5.22. The predicted octanol–water partition coefficient (Wildman–Crippen LogP) is 3.07. The van der Waals surface area contributed by atoms with E-state index in [2.05, 4.69) is 10.2 Å². The second-order valence-corrected chi connectivity index (χ2v) is 7.18. The molecular formula is C17H21N3O3S. The third-order valence-electron chi connectivity index (χ3n) is 4.13. The van der Waals surface area contributed by atoms with Gasteiger partial charge in [-0.2, -0.15) is 0 Å². The molecular weight excluding hydrogens is 326 g/mol. The molecule has 0 bridgehead atoms. The van der Waals surface area contributed by atoms with E-state index >= 15 is 0 Å². The molecule has 0 amide bonds. The highest BCUT2D eigenvalue weighted by Gasteiger charge is 2.30. The van der Waals surface area contributed by atoms with Gasteiger partial charge in [0.25, 0.3) is 0 Å². The van der Waals surface area contributed by atoms with Crippen LogP contribution in [0.2, 0.25) is 0 Å². The second kappa shape index (κ2) is 6.84. The van der Waals surface area contributed by atoms with Gasteiger partial charge < -0.3 is 14.0 Å². The van der Waals surface area contributed by atoms with Crippen molar-refractivity contribution < 1.29 is 14.3 Å². The molecule has 1 saturated carbocycles. The van der Waals surface area contributed by atoms with Crippen LogP contribution in [0.4, 0.5) is 0 Å². The van der Waals surface area contributed by atoms with Crippen molar-refractivity contribution in [3.05, 3.63) is 29.6 Å². The molecule has 1 aromatic heterocycles. The first-order chi connectivity index (χ1) is 11.5. The summed E-state index contributed by atoms with van der Waals surface area (Å²) < 4.78 is 12.5. The average molecular weight is 347 g/mol. The molecule has 24 heavy (non-hydrogen) atoms. The highest BCUT2D eigenvalue weighted by atomic mass is 32.2. The molecule has 1 heterocycles. The number of rotatable bonds is 7. The van der Waals surface area contributed by atoms with Crippen LogP contribution in [0, 0.1) is 0 Å². The highest BCUT2D eigenvalue weighted by molar-refractivity contribution is 8.00. The maximum Gasteiger partial charge on any atom is 0.191 e. The van der Waals surface area contributed by atoms with Gasteiger partial charge in [-0.05, 0) is 38.0 Å². The van der Waals surface area contributed by atoms with Crippen LogP contribution in [0.3, 0.4) is 0 Å². The van der Waals surface area contributed by atoms with E-state index in [9.17, 15) is 4.79 Å². The fourth-order valence-corrected chi connectivity index (χ4v) is 3.46. The Kier molecular flexibility index (Phi) is 4.80. The zero-order valence-electron chi connectivity index (χ0n) is 14.3. The number of hydrogen-bond acceptors (Lipinski definition) is 6. The van der Waals surface area contributed by atoms with Gasteiger partial charge in [-0.25, -0.2) is 0 Å². The van der Waals surface area contributed by atoms with Crippen molar-refractivity contribution in [1.82, 2.24) is 14.8 Å². The van der Waals surface area contributed by atoms with E-state index in [4.69, 9.17) is 9.47 Å². The molecule has 0 N–H and O–H groups in total. The molecule has 7 heteroatoms. The lowest BCUT2D eigenvalue weighted by Gasteiger charge is -2.12. The average Bonchev–Trinajstić information content (AvgIpc) is 3.38. The molecule has 1 atom stereocenters. The van der Waals surface area contributed by atoms with Crippen LogP contribution >= 0.6 is 11.8 Å². The predicted molar refractivity (Wildman–Crippen MR) is 92.2 cm³/mol. The van der Waals surface area contributed by atoms with Gasteiger partial charge in [-0.1, -0.05) is 11.8 Å². The number of hydrogen-bond donors (Lipinski definition) is 0. The largest absolute Gasteiger partial charge is 0.493 e. The summed E-state index contributed by atoms with van der Waals surface area (Å²) in [5, 5.41) is 9.00. The Hall–Kier alpha value is -2.02. The Labute approximate surface area is 145 Å². The Balaban J connectivity index is 1.75.